The molecule has 13 heteroatoms. The van der Waals surface area contributed by atoms with Crippen molar-refractivity contribution in [1.82, 2.24) is 14.9 Å². The summed E-state index contributed by atoms with van der Waals surface area (Å²) in [4.78, 5) is 10.2. The molecule has 0 saturated carbocycles. The number of benzene rings is 4. The molecular formula is C38H41F3N3O6P. The SMILES string of the molecule is CCOP(=O)(Cc1ccc(COc2ccccc2OC2CCN(Cc3ccc4nc(-c5cccc(OC(F)(F)F)c5)[nH]c4c3)CC2)cc1)OCC. The van der Waals surface area contributed by atoms with Crippen molar-refractivity contribution in [1.29, 1.82) is 0 Å². The van der Waals surface area contributed by atoms with Gasteiger partial charge in [-0.2, -0.15) is 0 Å². The summed E-state index contributed by atoms with van der Waals surface area (Å²) in [6.45, 7) is 7.08. The molecule has 270 valence electrons. The summed E-state index contributed by atoms with van der Waals surface area (Å²) in [7, 11) is -3.17. The highest BCUT2D eigenvalue weighted by Crippen LogP contribution is 2.51. The number of hydrogen-bond acceptors (Lipinski definition) is 8. The minimum Gasteiger partial charge on any atom is -0.486 e. The monoisotopic (exact) mass is 723 g/mol. The van der Waals surface area contributed by atoms with Crippen molar-refractivity contribution in [2.75, 3.05) is 26.3 Å². The molecule has 1 aliphatic heterocycles. The number of rotatable bonds is 15. The van der Waals surface area contributed by atoms with Crippen LogP contribution in [0.2, 0.25) is 0 Å². The Morgan fingerprint density at radius 1 is 0.843 bits per heavy atom. The van der Waals surface area contributed by atoms with E-state index in [2.05, 4.69) is 19.6 Å². The number of para-hydroxylation sites is 2. The summed E-state index contributed by atoms with van der Waals surface area (Å²) in [6.07, 6.45) is -2.78. The van der Waals surface area contributed by atoms with E-state index in [1.165, 1.54) is 18.2 Å². The number of fused-ring (bicyclic) bond motifs is 1. The fourth-order valence-electron chi connectivity index (χ4n) is 6.07. The first kappa shape index (κ1) is 36.4. The van der Waals surface area contributed by atoms with Crippen LogP contribution in [0.4, 0.5) is 13.2 Å². The molecule has 6 rings (SSSR count). The number of halogens is 3. The van der Waals surface area contributed by atoms with E-state index < -0.39 is 14.0 Å². The van der Waals surface area contributed by atoms with Crippen molar-refractivity contribution in [2.45, 2.75) is 58.5 Å². The van der Waals surface area contributed by atoms with Crippen molar-refractivity contribution in [2.24, 2.45) is 0 Å². The first-order chi connectivity index (χ1) is 24.6. The van der Waals surface area contributed by atoms with E-state index in [9.17, 15) is 17.7 Å². The molecule has 4 aromatic carbocycles. The van der Waals surface area contributed by atoms with E-state index in [1.54, 1.807) is 19.9 Å². The third kappa shape index (κ3) is 10.1. The van der Waals surface area contributed by atoms with Crippen LogP contribution < -0.4 is 14.2 Å². The molecule has 0 unspecified atom stereocenters. The Bertz CT molecular complexity index is 1930. The molecular weight excluding hydrogens is 682 g/mol. The second-order valence-corrected chi connectivity index (χ2v) is 14.3. The Hall–Kier alpha value is -4.35. The molecule has 2 heterocycles. The molecule has 0 bridgehead atoms. The molecule has 1 aliphatic rings. The number of H-pyrrole nitrogens is 1. The zero-order valence-electron chi connectivity index (χ0n) is 28.5. The van der Waals surface area contributed by atoms with Crippen LogP contribution in [0.5, 0.6) is 17.2 Å². The van der Waals surface area contributed by atoms with Crippen LogP contribution in [0.15, 0.2) is 91.0 Å². The second kappa shape index (κ2) is 16.3. The van der Waals surface area contributed by atoms with Crippen LogP contribution in [-0.2, 0) is 32.9 Å². The van der Waals surface area contributed by atoms with Crippen molar-refractivity contribution >= 4 is 18.6 Å². The third-order valence-electron chi connectivity index (χ3n) is 8.42. The Morgan fingerprint density at radius 3 is 2.24 bits per heavy atom. The van der Waals surface area contributed by atoms with Crippen LogP contribution >= 0.6 is 7.60 Å². The number of hydrogen-bond donors (Lipinski definition) is 1. The average molecular weight is 724 g/mol. The van der Waals surface area contributed by atoms with Crippen molar-refractivity contribution in [3.8, 4) is 28.6 Å². The van der Waals surface area contributed by atoms with Crippen LogP contribution in [0.25, 0.3) is 22.4 Å². The summed E-state index contributed by atoms with van der Waals surface area (Å²) in [5.74, 6) is 1.56. The highest BCUT2D eigenvalue weighted by atomic mass is 31.2. The topological polar surface area (TPSA) is 95.1 Å². The Kier molecular flexibility index (Phi) is 11.7. The average Bonchev–Trinajstić information content (AvgIpc) is 3.53. The lowest BCUT2D eigenvalue weighted by Crippen LogP contribution is -2.37. The minimum atomic E-state index is -4.76. The summed E-state index contributed by atoms with van der Waals surface area (Å²) >= 11 is 0. The molecule has 0 radical (unpaired) electrons. The van der Waals surface area contributed by atoms with Crippen LogP contribution in [0.3, 0.4) is 0 Å². The molecule has 1 aromatic heterocycles. The van der Waals surface area contributed by atoms with Gasteiger partial charge in [0.2, 0.25) is 0 Å². The van der Waals surface area contributed by atoms with Crippen LogP contribution in [0.1, 0.15) is 43.4 Å². The highest BCUT2D eigenvalue weighted by Gasteiger charge is 2.31. The molecule has 1 N–H and O–H groups in total. The van der Waals surface area contributed by atoms with Gasteiger partial charge >= 0.3 is 14.0 Å². The van der Waals surface area contributed by atoms with E-state index >= 15 is 0 Å². The van der Waals surface area contributed by atoms with E-state index in [1.807, 2.05) is 66.7 Å². The van der Waals surface area contributed by atoms with Gasteiger partial charge in [-0.15, -0.1) is 13.2 Å². The van der Waals surface area contributed by atoms with Gasteiger partial charge in [0.15, 0.2) is 11.5 Å². The molecule has 9 nitrogen and oxygen atoms in total. The predicted molar refractivity (Wildman–Crippen MR) is 189 cm³/mol. The Labute approximate surface area is 295 Å². The molecule has 51 heavy (non-hydrogen) atoms. The summed E-state index contributed by atoms with van der Waals surface area (Å²) in [5.41, 5.74) is 4.99. The summed E-state index contributed by atoms with van der Waals surface area (Å²) in [5, 5.41) is 0. The van der Waals surface area contributed by atoms with E-state index in [0.717, 1.165) is 60.2 Å². The fourth-order valence-corrected chi connectivity index (χ4v) is 7.77. The first-order valence-electron chi connectivity index (χ1n) is 17.0. The normalized spacial score (nSPS) is 14.5. The molecule has 1 saturated heterocycles. The van der Waals surface area contributed by atoms with E-state index in [4.69, 9.17) is 18.5 Å². The van der Waals surface area contributed by atoms with E-state index in [0.29, 0.717) is 42.7 Å². The Morgan fingerprint density at radius 2 is 1.53 bits per heavy atom. The van der Waals surface area contributed by atoms with Crippen molar-refractivity contribution < 1.29 is 41.0 Å². The third-order valence-corrected chi connectivity index (χ3v) is 10.5. The van der Waals surface area contributed by atoms with Crippen LogP contribution in [0, 0.1) is 0 Å². The molecule has 0 atom stereocenters. The number of likely N-dealkylation sites (tertiary alicyclic amines) is 1. The number of alkyl halides is 3. The molecule has 0 aliphatic carbocycles. The number of nitrogens with zero attached hydrogens (tertiary/aromatic N) is 2. The summed E-state index contributed by atoms with van der Waals surface area (Å²) < 4.78 is 78.5. The quantitative estimate of drug-likeness (QED) is 0.107. The van der Waals surface area contributed by atoms with Crippen LogP contribution in [-0.4, -0.2) is 53.6 Å². The standard InChI is InChI=1S/C38H41F3N3O6P/c1-3-47-51(45,48-4-2)26-28-14-12-27(13-15-28)25-46-35-10-5-6-11-36(35)49-31-18-20-44(21-19-31)24-29-16-17-33-34(22-29)43-37(42-33)30-8-7-9-32(23-30)50-38(39,40)41/h5-17,22-23,31H,3-4,18-21,24-26H2,1-2H3,(H,42,43). The van der Waals surface area contributed by atoms with Gasteiger partial charge in [-0.3, -0.25) is 9.46 Å². The lowest BCUT2D eigenvalue weighted by atomic mass is 10.1. The van der Waals surface area contributed by atoms with Gasteiger partial charge in [0, 0.05) is 25.2 Å². The summed E-state index contributed by atoms with van der Waals surface area (Å²) in [6, 6.07) is 27.2. The largest absolute Gasteiger partial charge is 0.573 e. The van der Waals surface area contributed by atoms with Gasteiger partial charge in [-0.1, -0.05) is 54.6 Å². The van der Waals surface area contributed by atoms with Gasteiger partial charge in [-0.05, 0) is 79.8 Å². The second-order valence-electron chi connectivity index (χ2n) is 12.3. The van der Waals surface area contributed by atoms with Gasteiger partial charge < -0.3 is 28.2 Å². The molecule has 5 aromatic rings. The lowest BCUT2D eigenvalue weighted by Gasteiger charge is -2.32. The van der Waals surface area contributed by atoms with Gasteiger partial charge in [0.1, 0.15) is 24.3 Å². The van der Waals surface area contributed by atoms with Gasteiger partial charge in [0.05, 0.1) is 30.4 Å². The Balaban J connectivity index is 1.00. The van der Waals surface area contributed by atoms with Gasteiger partial charge in [0.25, 0.3) is 0 Å². The van der Waals surface area contributed by atoms with Crippen molar-refractivity contribution in [3.05, 3.63) is 108 Å². The maximum absolute atomic E-state index is 12.9. The number of aromatic amines is 1. The smallest absolute Gasteiger partial charge is 0.486 e. The number of aromatic nitrogens is 2. The lowest BCUT2D eigenvalue weighted by molar-refractivity contribution is -0.274. The number of ether oxygens (including phenoxy) is 3. The number of imidazole rings is 1. The number of piperidine rings is 1. The molecule has 0 amide bonds. The fraction of sp³-hybridized carbons (Fsp3) is 0.342. The molecule has 0 spiro atoms. The zero-order valence-corrected chi connectivity index (χ0v) is 29.4. The molecule has 1 fully saturated rings. The van der Waals surface area contributed by atoms with E-state index in [-0.39, 0.29) is 18.0 Å². The highest BCUT2D eigenvalue weighted by molar-refractivity contribution is 7.53. The number of nitrogens with one attached hydrogen (secondary N) is 1. The van der Waals surface area contributed by atoms with Crippen molar-refractivity contribution in [3.63, 3.8) is 0 Å². The first-order valence-corrected chi connectivity index (χ1v) is 18.7. The maximum atomic E-state index is 12.9. The van der Waals surface area contributed by atoms with Gasteiger partial charge in [-0.25, -0.2) is 4.98 Å². The minimum absolute atomic E-state index is 0.0476. The zero-order chi connectivity index (χ0) is 35.8. The predicted octanol–water partition coefficient (Wildman–Crippen LogP) is 9.52. The maximum Gasteiger partial charge on any atom is 0.573 e.